The molecule has 146 valence electrons. The predicted octanol–water partition coefficient (Wildman–Crippen LogP) is 5.43. The molecule has 0 aliphatic heterocycles. The minimum Gasteiger partial charge on any atom is -0.494 e. The maximum Gasteiger partial charge on any atom is 0.190 e. The van der Waals surface area contributed by atoms with Gasteiger partial charge in [0.25, 0.3) is 0 Å². The highest BCUT2D eigenvalue weighted by Crippen LogP contribution is 2.23. The van der Waals surface area contributed by atoms with Gasteiger partial charge in [-0.25, -0.2) is 9.38 Å². The van der Waals surface area contributed by atoms with Crippen LogP contribution in [0.15, 0.2) is 83.4 Å². The van der Waals surface area contributed by atoms with Crippen molar-refractivity contribution in [2.45, 2.75) is 13.5 Å². The quantitative estimate of drug-likeness (QED) is 0.429. The molecule has 0 amide bonds. The molecule has 0 radical (unpaired) electrons. The van der Waals surface area contributed by atoms with Crippen LogP contribution in [0.3, 0.4) is 0 Å². The van der Waals surface area contributed by atoms with Crippen molar-refractivity contribution in [1.82, 2.24) is 9.55 Å². The largest absolute Gasteiger partial charge is 0.494 e. The first-order valence-electron chi connectivity index (χ1n) is 9.33. The molecule has 4 aromatic rings. The fourth-order valence-corrected chi connectivity index (χ4v) is 3.92. The molecule has 0 unspecified atom stereocenters. The van der Waals surface area contributed by atoms with Gasteiger partial charge in [0.15, 0.2) is 4.80 Å². The van der Waals surface area contributed by atoms with E-state index in [9.17, 15) is 4.39 Å². The van der Waals surface area contributed by atoms with E-state index in [1.165, 1.54) is 12.1 Å². The van der Waals surface area contributed by atoms with E-state index >= 15 is 0 Å². The van der Waals surface area contributed by atoms with Gasteiger partial charge >= 0.3 is 0 Å². The van der Waals surface area contributed by atoms with Crippen molar-refractivity contribution >= 4 is 17.0 Å². The lowest BCUT2D eigenvalue weighted by atomic mass is 10.1. The molecule has 29 heavy (non-hydrogen) atoms. The summed E-state index contributed by atoms with van der Waals surface area (Å²) < 4.78 is 21.0. The molecular weight excluding hydrogens is 385 g/mol. The van der Waals surface area contributed by atoms with Gasteiger partial charge < -0.3 is 9.30 Å². The van der Waals surface area contributed by atoms with Crippen molar-refractivity contribution in [3.63, 3.8) is 0 Å². The molecule has 0 spiro atoms. The second-order valence-electron chi connectivity index (χ2n) is 6.40. The number of ether oxygens (including phenoxy) is 1. The van der Waals surface area contributed by atoms with Crippen LogP contribution in [0.5, 0.6) is 5.75 Å². The Bertz CT molecular complexity index is 1130. The molecule has 0 aliphatic carbocycles. The monoisotopic (exact) mass is 405 g/mol. The molecule has 0 fully saturated rings. The second kappa shape index (κ2) is 8.84. The normalized spacial score (nSPS) is 11.6. The average molecular weight is 405 g/mol. The average Bonchev–Trinajstić information content (AvgIpc) is 3.13. The molecular formula is C23H20FN3OS. The highest BCUT2D eigenvalue weighted by Gasteiger charge is 2.09. The van der Waals surface area contributed by atoms with E-state index in [0.29, 0.717) is 13.2 Å². The number of aromatic nitrogens is 2. The van der Waals surface area contributed by atoms with Crippen LogP contribution < -0.4 is 9.54 Å². The number of halogens is 1. The number of rotatable bonds is 6. The minimum absolute atomic E-state index is 0.248. The summed E-state index contributed by atoms with van der Waals surface area (Å²) >= 11 is 1.55. The number of hydrogen-bond acceptors (Lipinski definition) is 4. The summed E-state index contributed by atoms with van der Waals surface area (Å²) in [6.45, 7) is 3.22. The van der Waals surface area contributed by atoms with Gasteiger partial charge in [0.2, 0.25) is 0 Å². The second-order valence-corrected chi connectivity index (χ2v) is 7.23. The van der Waals surface area contributed by atoms with Gasteiger partial charge in [0.05, 0.1) is 24.5 Å². The smallest absolute Gasteiger partial charge is 0.190 e. The SMILES string of the molecule is CCOc1ccc(N=c2scc(-c3ccc(F)cc3)n2Cc2cccnc2)cc1. The lowest BCUT2D eigenvalue weighted by Gasteiger charge is -2.09. The van der Waals surface area contributed by atoms with Gasteiger partial charge in [-0.3, -0.25) is 4.98 Å². The third-order valence-corrected chi connectivity index (χ3v) is 5.24. The third kappa shape index (κ3) is 4.60. The topological polar surface area (TPSA) is 39.4 Å². The Morgan fingerprint density at radius 1 is 1.07 bits per heavy atom. The first-order valence-corrected chi connectivity index (χ1v) is 10.2. The molecule has 2 heterocycles. The summed E-state index contributed by atoms with van der Waals surface area (Å²) in [6, 6.07) is 18.2. The van der Waals surface area contributed by atoms with Crippen LogP contribution in [-0.4, -0.2) is 16.2 Å². The molecule has 0 bridgehead atoms. The maximum atomic E-state index is 13.4. The van der Waals surface area contributed by atoms with Crippen LogP contribution in [0.4, 0.5) is 10.1 Å². The summed E-state index contributed by atoms with van der Waals surface area (Å²) in [5.74, 6) is 0.579. The molecule has 2 aromatic heterocycles. The first kappa shape index (κ1) is 19.1. The van der Waals surface area contributed by atoms with Crippen LogP contribution in [0.25, 0.3) is 11.3 Å². The van der Waals surface area contributed by atoms with Gasteiger partial charge in [-0.05, 0) is 72.6 Å². The van der Waals surface area contributed by atoms with Gasteiger partial charge in [-0.15, -0.1) is 11.3 Å². The van der Waals surface area contributed by atoms with Gasteiger partial charge in [0.1, 0.15) is 11.6 Å². The number of nitrogens with zero attached hydrogens (tertiary/aromatic N) is 3. The Morgan fingerprint density at radius 3 is 2.55 bits per heavy atom. The standard InChI is InChI=1S/C23H20FN3OS/c1-2-28-21-11-9-20(10-12-21)26-23-27(15-17-4-3-13-25-14-17)22(16-29-23)18-5-7-19(24)8-6-18/h3-14,16H,2,15H2,1H3. The van der Waals surface area contributed by atoms with Crippen LogP contribution in [0.2, 0.25) is 0 Å². The van der Waals surface area contributed by atoms with E-state index < -0.39 is 0 Å². The van der Waals surface area contributed by atoms with E-state index in [2.05, 4.69) is 14.9 Å². The Labute approximate surface area is 172 Å². The zero-order valence-corrected chi connectivity index (χ0v) is 16.8. The van der Waals surface area contributed by atoms with Crippen molar-refractivity contribution in [2.75, 3.05) is 6.61 Å². The lowest BCUT2D eigenvalue weighted by molar-refractivity contribution is 0.340. The maximum absolute atomic E-state index is 13.4. The zero-order chi connectivity index (χ0) is 20.1. The summed E-state index contributed by atoms with van der Waals surface area (Å²) in [4.78, 5) is 9.91. The third-order valence-electron chi connectivity index (χ3n) is 4.37. The molecule has 4 nitrogen and oxygen atoms in total. The van der Waals surface area contributed by atoms with Crippen LogP contribution >= 0.6 is 11.3 Å². The predicted molar refractivity (Wildman–Crippen MR) is 114 cm³/mol. The van der Waals surface area contributed by atoms with E-state index in [4.69, 9.17) is 9.73 Å². The Balaban J connectivity index is 1.77. The van der Waals surface area contributed by atoms with E-state index in [1.807, 2.05) is 49.5 Å². The van der Waals surface area contributed by atoms with E-state index in [-0.39, 0.29) is 5.82 Å². The van der Waals surface area contributed by atoms with Gasteiger partial charge in [-0.1, -0.05) is 6.07 Å². The Kier molecular flexibility index (Phi) is 5.81. The molecule has 6 heteroatoms. The number of hydrogen-bond donors (Lipinski definition) is 0. The van der Waals surface area contributed by atoms with E-state index in [1.54, 1.807) is 29.7 Å². The van der Waals surface area contributed by atoms with Crippen LogP contribution in [0, 0.1) is 5.82 Å². The highest BCUT2D eigenvalue weighted by atomic mass is 32.1. The van der Waals surface area contributed by atoms with Crippen molar-refractivity contribution in [1.29, 1.82) is 0 Å². The van der Waals surface area contributed by atoms with Crippen LogP contribution in [0.1, 0.15) is 12.5 Å². The van der Waals surface area contributed by atoms with Gasteiger partial charge in [-0.2, -0.15) is 0 Å². The molecule has 0 aliphatic rings. The summed E-state index contributed by atoms with van der Waals surface area (Å²) in [7, 11) is 0. The van der Waals surface area contributed by atoms with Gasteiger partial charge in [0, 0.05) is 17.8 Å². The first-order chi connectivity index (χ1) is 14.2. The molecule has 2 aromatic carbocycles. The van der Waals surface area contributed by atoms with Crippen molar-refractivity contribution < 1.29 is 9.13 Å². The highest BCUT2D eigenvalue weighted by molar-refractivity contribution is 7.07. The molecule has 0 N–H and O–H groups in total. The summed E-state index contributed by atoms with van der Waals surface area (Å²) in [5, 5.41) is 2.05. The molecule has 4 rings (SSSR count). The summed E-state index contributed by atoms with van der Waals surface area (Å²) in [6.07, 6.45) is 3.60. The number of pyridine rings is 1. The number of thiazole rings is 1. The molecule has 0 saturated heterocycles. The number of benzene rings is 2. The van der Waals surface area contributed by atoms with E-state index in [0.717, 1.165) is 33.1 Å². The minimum atomic E-state index is -0.248. The lowest BCUT2D eigenvalue weighted by Crippen LogP contribution is -2.16. The van der Waals surface area contributed by atoms with Crippen molar-refractivity contribution in [3.8, 4) is 17.0 Å². The Morgan fingerprint density at radius 2 is 1.86 bits per heavy atom. The Hall–Kier alpha value is -3.25. The fourth-order valence-electron chi connectivity index (χ4n) is 2.99. The van der Waals surface area contributed by atoms with Crippen molar-refractivity contribution in [2.24, 2.45) is 4.99 Å². The van der Waals surface area contributed by atoms with Crippen molar-refractivity contribution in [3.05, 3.63) is 94.6 Å². The molecule has 0 atom stereocenters. The fraction of sp³-hybridized carbons (Fsp3) is 0.130. The summed E-state index contributed by atoms with van der Waals surface area (Å²) in [5.41, 5.74) is 3.85. The molecule has 0 saturated carbocycles. The zero-order valence-electron chi connectivity index (χ0n) is 16.0. The van der Waals surface area contributed by atoms with Crippen LogP contribution in [-0.2, 0) is 6.54 Å².